The molecule has 172 valence electrons. The maximum Gasteiger partial charge on any atom is 0.326 e. The summed E-state index contributed by atoms with van der Waals surface area (Å²) in [5.41, 5.74) is 3.17. The number of hydrogen-bond acceptors (Lipinski definition) is 4. The molecule has 3 aromatic carbocycles. The smallest absolute Gasteiger partial charge is 0.326 e. The molecule has 0 saturated heterocycles. The summed E-state index contributed by atoms with van der Waals surface area (Å²) in [6.07, 6.45) is 0.319. The number of benzene rings is 3. The largest absolute Gasteiger partial charge is 0.480 e. The van der Waals surface area contributed by atoms with Crippen LogP contribution in [0.1, 0.15) is 45.7 Å². The molecule has 34 heavy (non-hydrogen) atoms. The van der Waals surface area contributed by atoms with Crippen LogP contribution in [0.15, 0.2) is 77.8 Å². The number of aliphatic carboxylic acids is 1. The first-order valence-electron chi connectivity index (χ1n) is 10.8. The second kappa shape index (κ2) is 9.84. The van der Waals surface area contributed by atoms with Crippen LogP contribution >= 0.6 is 11.3 Å². The molecule has 0 aliphatic heterocycles. The van der Waals surface area contributed by atoms with Gasteiger partial charge in [-0.2, -0.15) is 4.99 Å². The SMILES string of the molecule is CCC(C(=O)O)n1/c(=N/C(=O)c2ccc(C)cc2)sc2cc(NC(=O)c3ccccc3)ccc21. The Bertz CT molecular complexity index is 1440. The second-order valence-corrected chi connectivity index (χ2v) is 8.81. The Balaban J connectivity index is 1.79. The number of carbonyl (C=O) groups is 3. The first kappa shape index (κ1) is 23.1. The number of fused-ring (bicyclic) bond motifs is 1. The number of nitrogens with zero attached hydrogens (tertiary/aromatic N) is 2. The number of carbonyl (C=O) groups excluding carboxylic acids is 2. The van der Waals surface area contributed by atoms with E-state index in [1.54, 1.807) is 66.1 Å². The standard InChI is InChI=1S/C26H23N3O4S/c1-3-20(25(32)33)29-21-14-13-19(27-23(30)17-7-5-4-6-8-17)15-22(21)34-26(29)28-24(31)18-11-9-16(2)10-12-18/h4-15,20H,3H2,1-2H3,(H,27,30)(H,32,33)/b28-26-. The van der Waals surface area contributed by atoms with Gasteiger partial charge in [-0.25, -0.2) is 4.79 Å². The molecule has 0 radical (unpaired) electrons. The molecule has 0 bridgehead atoms. The van der Waals surface area contributed by atoms with Crippen molar-refractivity contribution in [3.63, 3.8) is 0 Å². The molecule has 0 spiro atoms. The second-order valence-electron chi connectivity index (χ2n) is 7.80. The maximum atomic E-state index is 12.8. The number of carboxylic acid groups (broad SMARTS) is 1. The van der Waals surface area contributed by atoms with Gasteiger partial charge in [-0.1, -0.05) is 54.2 Å². The van der Waals surface area contributed by atoms with Crippen LogP contribution in [0.25, 0.3) is 10.2 Å². The molecule has 1 heterocycles. The van der Waals surface area contributed by atoms with Crippen LogP contribution in [0.2, 0.25) is 0 Å². The third-order valence-corrected chi connectivity index (χ3v) is 6.42. The molecule has 4 aromatic rings. The van der Waals surface area contributed by atoms with Crippen LogP contribution in [0.3, 0.4) is 0 Å². The van der Waals surface area contributed by atoms with Crippen molar-refractivity contribution in [2.24, 2.45) is 4.99 Å². The Labute approximate surface area is 200 Å². The highest BCUT2D eigenvalue weighted by Crippen LogP contribution is 2.26. The number of hydrogen-bond donors (Lipinski definition) is 2. The zero-order valence-electron chi connectivity index (χ0n) is 18.7. The van der Waals surface area contributed by atoms with E-state index in [4.69, 9.17) is 0 Å². The first-order chi connectivity index (χ1) is 16.4. The maximum absolute atomic E-state index is 12.8. The Morgan fingerprint density at radius 2 is 1.71 bits per heavy atom. The molecule has 2 amide bonds. The third-order valence-electron chi connectivity index (χ3n) is 5.40. The summed E-state index contributed by atoms with van der Waals surface area (Å²) in [6.45, 7) is 3.70. The Kier molecular flexibility index (Phi) is 6.70. The normalized spacial score (nSPS) is 12.5. The highest BCUT2D eigenvalue weighted by Gasteiger charge is 2.22. The van der Waals surface area contributed by atoms with Crippen molar-refractivity contribution in [2.45, 2.75) is 26.3 Å². The van der Waals surface area contributed by atoms with E-state index in [1.807, 2.05) is 25.1 Å². The molecule has 2 N–H and O–H groups in total. The number of aryl methyl sites for hydroxylation is 1. The third kappa shape index (κ3) is 4.82. The van der Waals surface area contributed by atoms with Gasteiger partial charge in [0.25, 0.3) is 11.8 Å². The van der Waals surface area contributed by atoms with E-state index in [0.717, 1.165) is 5.56 Å². The predicted molar refractivity (Wildman–Crippen MR) is 132 cm³/mol. The van der Waals surface area contributed by atoms with Gasteiger partial charge in [-0.15, -0.1) is 0 Å². The number of nitrogens with one attached hydrogen (secondary N) is 1. The average molecular weight is 474 g/mol. The highest BCUT2D eigenvalue weighted by molar-refractivity contribution is 7.16. The van der Waals surface area contributed by atoms with E-state index in [9.17, 15) is 19.5 Å². The van der Waals surface area contributed by atoms with E-state index in [1.165, 1.54) is 11.3 Å². The Hall–Kier alpha value is -4.04. The number of anilines is 1. The number of thiazole rings is 1. The number of aromatic nitrogens is 1. The van der Waals surface area contributed by atoms with E-state index in [-0.39, 0.29) is 5.91 Å². The minimum atomic E-state index is -1.01. The summed E-state index contributed by atoms with van der Waals surface area (Å²) in [7, 11) is 0. The van der Waals surface area contributed by atoms with Gasteiger partial charge in [0.05, 0.1) is 10.2 Å². The molecule has 7 nitrogen and oxygen atoms in total. The fourth-order valence-electron chi connectivity index (χ4n) is 3.61. The van der Waals surface area contributed by atoms with Crippen LogP contribution in [-0.2, 0) is 4.79 Å². The van der Waals surface area contributed by atoms with Crippen molar-refractivity contribution < 1.29 is 19.5 Å². The molecule has 0 aliphatic rings. The minimum Gasteiger partial charge on any atom is -0.480 e. The molecule has 0 aliphatic carbocycles. The van der Waals surface area contributed by atoms with Crippen molar-refractivity contribution in [1.29, 1.82) is 0 Å². The number of amides is 2. The Morgan fingerprint density at radius 1 is 1.00 bits per heavy atom. The lowest BCUT2D eigenvalue weighted by Crippen LogP contribution is -2.27. The van der Waals surface area contributed by atoms with Crippen LogP contribution in [0.4, 0.5) is 5.69 Å². The Morgan fingerprint density at radius 3 is 2.35 bits per heavy atom. The van der Waals surface area contributed by atoms with Gasteiger partial charge in [-0.3, -0.25) is 9.59 Å². The molecule has 0 fully saturated rings. The monoisotopic (exact) mass is 473 g/mol. The van der Waals surface area contributed by atoms with Crippen molar-refractivity contribution in [3.05, 3.63) is 94.3 Å². The van der Waals surface area contributed by atoms with Gasteiger partial charge in [0.15, 0.2) is 4.80 Å². The zero-order valence-corrected chi connectivity index (χ0v) is 19.5. The highest BCUT2D eigenvalue weighted by atomic mass is 32.1. The van der Waals surface area contributed by atoms with Crippen molar-refractivity contribution in [2.75, 3.05) is 5.32 Å². The molecule has 0 saturated carbocycles. The topological polar surface area (TPSA) is 101 Å². The van der Waals surface area contributed by atoms with Crippen LogP contribution < -0.4 is 10.1 Å². The molecule has 1 unspecified atom stereocenters. The van der Waals surface area contributed by atoms with Crippen LogP contribution in [0.5, 0.6) is 0 Å². The summed E-state index contributed by atoms with van der Waals surface area (Å²) in [5.74, 6) is -1.70. The van der Waals surface area contributed by atoms with E-state index in [2.05, 4.69) is 10.3 Å². The van der Waals surface area contributed by atoms with Crippen molar-refractivity contribution >= 4 is 45.0 Å². The summed E-state index contributed by atoms with van der Waals surface area (Å²) in [4.78, 5) is 41.9. The fraction of sp³-hybridized carbons (Fsp3) is 0.154. The number of rotatable bonds is 6. The molecular formula is C26H23N3O4S. The first-order valence-corrected chi connectivity index (χ1v) is 11.6. The molecule has 1 aromatic heterocycles. The molecular weight excluding hydrogens is 450 g/mol. The van der Waals surface area contributed by atoms with Gasteiger partial charge in [-0.05, 0) is 55.8 Å². The lowest BCUT2D eigenvalue weighted by Gasteiger charge is -2.13. The fourth-order valence-corrected chi connectivity index (χ4v) is 4.72. The van der Waals surface area contributed by atoms with Crippen LogP contribution in [0, 0.1) is 6.92 Å². The molecule has 8 heteroatoms. The minimum absolute atomic E-state index is 0.249. The lowest BCUT2D eigenvalue weighted by atomic mass is 10.1. The summed E-state index contributed by atoms with van der Waals surface area (Å²) in [5, 5.41) is 12.7. The van der Waals surface area contributed by atoms with E-state index >= 15 is 0 Å². The summed E-state index contributed by atoms with van der Waals surface area (Å²) in [6, 6.07) is 20.2. The number of carboxylic acids is 1. The molecule has 1 atom stereocenters. The van der Waals surface area contributed by atoms with Crippen molar-refractivity contribution in [3.8, 4) is 0 Å². The predicted octanol–water partition coefficient (Wildman–Crippen LogP) is 5.04. The van der Waals surface area contributed by atoms with Crippen molar-refractivity contribution in [1.82, 2.24) is 4.57 Å². The summed E-state index contributed by atoms with van der Waals surface area (Å²) < 4.78 is 2.29. The lowest BCUT2D eigenvalue weighted by molar-refractivity contribution is -0.140. The molecule has 4 rings (SSSR count). The van der Waals surface area contributed by atoms with Gasteiger partial charge in [0, 0.05) is 16.8 Å². The van der Waals surface area contributed by atoms with Gasteiger partial charge in [0.2, 0.25) is 0 Å². The average Bonchev–Trinajstić information content (AvgIpc) is 3.17. The van der Waals surface area contributed by atoms with Gasteiger partial charge >= 0.3 is 5.97 Å². The summed E-state index contributed by atoms with van der Waals surface area (Å²) >= 11 is 1.21. The van der Waals surface area contributed by atoms with Gasteiger partial charge in [0.1, 0.15) is 6.04 Å². The van der Waals surface area contributed by atoms with E-state index in [0.29, 0.717) is 38.3 Å². The van der Waals surface area contributed by atoms with Crippen LogP contribution in [-0.4, -0.2) is 27.5 Å². The van der Waals surface area contributed by atoms with Gasteiger partial charge < -0.3 is 15.0 Å². The van der Waals surface area contributed by atoms with E-state index < -0.39 is 17.9 Å². The zero-order chi connectivity index (χ0) is 24.2. The quantitative estimate of drug-likeness (QED) is 0.410.